The fourth-order valence-electron chi connectivity index (χ4n) is 6.59. The zero-order chi connectivity index (χ0) is 21.6. The molecule has 0 bridgehead atoms. The van der Waals surface area contributed by atoms with Crippen LogP contribution in [0.5, 0.6) is 0 Å². The summed E-state index contributed by atoms with van der Waals surface area (Å²) in [5.74, 6) is 2.59. The topological polar surface area (TPSA) is 51.8 Å². The lowest BCUT2D eigenvalue weighted by Crippen LogP contribution is -2.63. The summed E-state index contributed by atoms with van der Waals surface area (Å²) in [6, 6.07) is 1.45. The standard InChI is InChI=1S/C25H49N5O/c1-29(2)23-13-15-30(18-23)14-12-19-4-8-22(9-5-19)28-25-26-16-21(17-27-25)20-6-10-24(31-3)11-7-20/h19-28H,4-18H2,1-3H3. The third-order valence-electron chi connectivity index (χ3n) is 8.97. The number of ether oxygens (including phenoxy) is 1. The molecule has 2 aliphatic heterocycles. The van der Waals surface area contributed by atoms with Crippen LogP contribution in [0.4, 0.5) is 0 Å². The Hall–Kier alpha value is -0.240. The van der Waals surface area contributed by atoms with Crippen molar-refractivity contribution in [1.29, 1.82) is 0 Å². The highest BCUT2D eigenvalue weighted by atomic mass is 16.5. The van der Waals surface area contributed by atoms with Gasteiger partial charge in [0.15, 0.2) is 0 Å². The van der Waals surface area contributed by atoms with Gasteiger partial charge in [0.1, 0.15) is 6.29 Å². The lowest BCUT2D eigenvalue weighted by Gasteiger charge is -2.40. The van der Waals surface area contributed by atoms with Crippen LogP contribution in [0.3, 0.4) is 0 Å². The maximum Gasteiger partial charge on any atom is 0.112 e. The normalized spacial score (nSPS) is 40.5. The van der Waals surface area contributed by atoms with Crippen LogP contribution >= 0.6 is 0 Å². The minimum atomic E-state index is 0.306. The molecule has 0 amide bonds. The molecular weight excluding hydrogens is 386 g/mol. The zero-order valence-electron chi connectivity index (χ0n) is 20.5. The number of rotatable bonds is 8. The minimum Gasteiger partial charge on any atom is -0.381 e. The van der Waals surface area contributed by atoms with Crippen LogP contribution < -0.4 is 16.0 Å². The summed E-state index contributed by atoms with van der Waals surface area (Å²) in [5, 5.41) is 11.4. The van der Waals surface area contributed by atoms with Gasteiger partial charge in [-0.2, -0.15) is 0 Å². The van der Waals surface area contributed by atoms with Crippen molar-refractivity contribution >= 4 is 0 Å². The first-order valence-electron chi connectivity index (χ1n) is 13.2. The molecule has 2 aliphatic carbocycles. The van der Waals surface area contributed by atoms with Gasteiger partial charge in [-0.25, -0.2) is 0 Å². The summed E-state index contributed by atoms with van der Waals surface area (Å²) in [6.45, 7) is 6.20. The number of likely N-dealkylation sites (N-methyl/N-ethyl adjacent to an activating group) is 1. The van der Waals surface area contributed by atoms with E-state index in [-0.39, 0.29) is 0 Å². The Morgan fingerprint density at radius 3 is 2.23 bits per heavy atom. The van der Waals surface area contributed by atoms with Gasteiger partial charge < -0.3 is 14.5 Å². The molecule has 3 N–H and O–H groups in total. The molecule has 0 aromatic heterocycles. The fourth-order valence-corrected chi connectivity index (χ4v) is 6.59. The molecule has 1 atom stereocenters. The van der Waals surface area contributed by atoms with E-state index in [2.05, 4.69) is 39.8 Å². The molecule has 4 fully saturated rings. The summed E-state index contributed by atoms with van der Waals surface area (Å²) < 4.78 is 5.54. The van der Waals surface area contributed by atoms with Gasteiger partial charge in [-0.05, 0) is 109 Å². The minimum absolute atomic E-state index is 0.306. The van der Waals surface area contributed by atoms with Crippen LogP contribution in [-0.2, 0) is 4.74 Å². The highest BCUT2D eigenvalue weighted by molar-refractivity contribution is 4.87. The van der Waals surface area contributed by atoms with Crippen LogP contribution in [0, 0.1) is 17.8 Å². The van der Waals surface area contributed by atoms with Crippen molar-refractivity contribution in [2.75, 3.05) is 53.9 Å². The van der Waals surface area contributed by atoms with E-state index in [1.807, 2.05) is 7.11 Å². The molecule has 31 heavy (non-hydrogen) atoms. The van der Waals surface area contributed by atoms with Crippen LogP contribution in [0.15, 0.2) is 0 Å². The van der Waals surface area contributed by atoms with Crippen LogP contribution in [0.1, 0.15) is 64.2 Å². The predicted octanol–water partition coefficient (Wildman–Crippen LogP) is 2.46. The molecule has 0 aromatic carbocycles. The van der Waals surface area contributed by atoms with Gasteiger partial charge in [0.25, 0.3) is 0 Å². The molecular formula is C25H49N5O. The van der Waals surface area contributed by atoms with Crippen molar-refractivity contribution < 1.29 is 4.74 Å². The van der Waals surface area contributed by atoms with Gasteiger partial charge in [-0.3, -0.25) is 16.0 Å². The van der Waals surface area contributed by atoms with E-state index in [0.29, 0.717) is 18.4 Å². The van der Waals surface area contributed by atoms with Gasteiger partial charge >= 0.3 is 0 Å². The van der Waals surface area contributed by atoms with Crippen LogP contribution in [0.2, 0.25) is 0 Å². The van der Waals surface area contributed by atoms with Gasteiger partial charge in [-0.15, -0.1) is 0 Å². The molecule has 6 heteroatoms. The summed E-state index contributed by atoms with van der Waals surface area (Å²) >= 11 is 0. The molecule has 0 spiro atoms. The Morgan fingerprint density at radius 2 is 1.61 bits per heavy atom. The number of nitrogens with zero attached hydrogens (tertiary/aromatic N) is 2. The molecule has 2 heterocycles. The Morgan fingerprint density at radius 1 is 0.903 bits per heavy atom. The number of likely N-dealkylation sites (tertiary alicyclic amines) is 1. The van der Waals surface area contributed by atoms with Crippen molar-refractivity contribution in [3.63, 3.8) is 0 Å². The van der Waals surface area contributed by atoms with Crippen molar-refractivity contribution in [3.05, 3.63) is 0 Å². The van der Waals surface area contributed by atoms with E-state index in [0.717, 1.165) is 36.9 Å². The third kappa shape index (κ3) is 6.87. The average Bonchev–Trinajstić information content (AvgIpc) is 3.29. The second kappa shape index (κ2) is 11.8. The predicted molar refractivity (Wildman–Crippen MR) is 128 cm³/mol. The second-order valence-electron chi connectivity index (χ2n) is 11.2. The van der Waals surface area contributed by atoms with E-state index < -0.39 is 0 Å². The maximum atomic E-state index is 5.54. The van der Waals surface area contributed by atoms with E-state index in [1.54, 1.807) is 0 Å². The van der Waals surface area contributed by atoms with Crippen LogP contribution in [-0.4, -0.2) is 88.2 Å². The van der Waals surface area contributed by atoms with E-state index >= 15 is 0 Å². The molecule has 0 radical (unpaired) electrons. The fraction of sp³-hybridized carbons (Fsp3) is 1.00. The Bertz CT molecular complexity index is 508. The summed E-state index contributed by atoms with van der Waals surface area (Å²) in [7, 11) is 6.32. The molecule has 180 valence electrons. The molecule has 0 aromatic rings. The Labute approximate surface area is 191 Å². The highest BCUT2D eigenvalue weighted by Gasteiger charge is 2.32. The van der Waals surface area contributed by atoms with Crippen molar-refractivity contribution in [3.8, 4) is 0 Å². The Kier molecular flexibility index (Phi) is 9.06. The van der Waals surface area contributed by atoms with E-state index in [4.69, 9.17) is 4.74 Å². The van der Waals surface area contributed by atoms with E-state index in [9.17, 15) is 0 Å². The molecule has 4 aliphatic rings. The summed E-state index contributed by atoms with van der Waals surface area (Å²) in [6.07, 6.45) is 14.2. The second-order valence-corrected chi connectivity index (χ2v) is 11.2. The highest BCUT2D eigenvalue weighted by Crippen LogP contribution is 2.32. The number of methoxy groups -OCH3 is 1. The van der Waals surface area contributed by atoms with Crippen LogP contribution in [0.25, 0.3) is 0 Å². The number of hydrogen-bond acceptors (Lipinski definition) is 6. The molecule has 2 saturated heterocycles. The van der Waals surface area contributed by atoms with Gasteiger partial charge in [0.05, 0.1) is 6.10 Å². The molecule has 6 nitrogen and oxygen atoms in total. The maximum absolute atomic E-state index is 5.54. The van der Waals surface area contributed by atoms with Gasteiger partial charge in [0.2, 0.25) is 0 Å². The lowest BCUT2D eigenvalue weighted by molar-refractivity contribution is 0.0414. The number of nitrogens with one attached hydrogen (secondary N) is 3. The number of hydrogen-bond donors (Lipinski definition) is 3. The van der Waals surface area contributed by atoms with Crippen molar-refractivity contribution in [1.82, 2.24) is 25.8 Å². The third-order valence-corrected chi connectivity index (χ3v) is 8.97. The first-order valence-corrected chi connectivity index (χ1v) is 13.2. The lowest BCUT2D eigenvalue weighted by atomic mass is 9.78. The first-order chi connectivity index (χ1) is 15.1. The SMILES string of the molecule is COC1CCC(C2CNC(NC3CCC(CCN4CCC(N(C)C)C4)CC3)NC2)CC1. The molecule has 2 saturated carbocycles. The average molecular weight is 436 g/mol. The first kappa shape index (κ1) is 23.9. The largest absolute Gasteiger partial charge is 0.381 e. The Balaban J connectivity index is 1.07. The summed E-state index contributed by atoms with van der Waals surface area (Å²) in [5.41, 5.74) is 0. The van der Waals surface area contributed by atoms with Crippen molar-refractivity contribution in [2.24, 2.45) is 17.8 Å². The van der Waals surface area contributed by atoms with Gasteiger partial charge in [-0.1, -0.05) is 0 Å². The molecule has 1 unspecified atom stereocenters. The summed E-state index contributed by atoms with van der Waals surface area (Å²) in [4.78, 5) is 5.10. The smallest absolute Gasteiger partial charge is 0.112 e. The quantitative estimate of drug-likeness (QED) is 0.545. The molecule has 4 rings (SSSR count). The monoisotopic (exact) mass is 435 g/mol. The van der Waals surface area contributed by atoms with E-state index in [1.165, 1.54) is 83.8 Å². The zero-order valence-corrected chi connectivity index (χ0v) is 20.5. The van der Waals surface area contributed by atoms with Crippen molar-refractivity contribution in [2.45, 2.75) is 88.7 Å². The van der Waals surface area contributed by atoms with Gasteiger partial charge in [0, 0.05) is 38.8 Å².